The second kappa shape index (κ2) is 6.68. The third kappa shape index (κ3) is 4.91. The van der Waals surface area contributed by atoms with Gasteiger partial charge in [0.05, 0.1) is 0 Å². The van der Waals surface area contributed by atoms with Gasteiger partial charge in [-0.2, -0.15) is 17.4 Å². The van der Waals surface area contributed by atoms with Crippen LogP contribution in [-0.4, -0.2) is 45.4 Å². The summed E-state index contributed by atoms with van der Waals surface area (Å²) in [6.07, 6.45) is 3.09. The second-order valence-corrected chi connectivity index (χ2v) is 6.71. The van der Waals surface area contributed by atoms with E-state index in [1.165, 1.54) is 0 Å². The summed E-state index contributed by atoms with van der Waals surface area (Å²) < 4.78 is 28.0. The van der Waals surface area contributed by atoms with Crippen LogP contribution in [0.3, 0.4) is 0 Å². The Labute approximate surface area is 105 Å². The highest BCUT2D eigenvalue weighted by Crippen LogP contribution is 2.21. The summed E-state index contributed by atoms with van der Waals surface area (Å²) in [5.74, 6) is 0.660. The summed E-state index contributed by atoms with van der Waals surface area (Å²) in [6.45, 7) is 6.00. The molecule has 0 radical (unpaired) electrons. The molecule has 1 fully saturated rings. The Balaban J connectivity index is 2.41. The van der Waals surface area contributed by atoms with E-state index in [-0.39, 0.29) is 6.04 Å². The van der Waals surface area contributed by atoms with Crippen LogP contribution in [0.4, 0.5) is 0 Å². The van der Waals surface area contributed by atoms with Crippen LogP contribution >= 0.6 is 0 Å². The molecule has 1 saturated heterocycles. The lowest BCUT2D eigenvalue weighted by Gasteiger charge is -2.31. The van der Waals surface area contributed by atoms with Gasteiger partial charge in [0.15, 0.2) is 0 Å². The maximum Gasteiger partial charge on any atom is 0.279 e. The quantitative estimate of drug-likeness (QED) is 0.736. The highest BCUT2D eigenvalue weighted by Gasteiger charge is 2.27. The van der Waals surface area contributed by atoms with Gasteiger partial charge in [0.25, 0.3) is 10.2 Å². The first kappa shape index (κ1) is 14.9. The molecule has 0 amide bonds. The molecule has 6 heteroatoms. The molecule has 5 nitrogen and oxygen atoms in total. The van der Waals surface area contributed by atoms with Crippen molar-refractivity contribution in [3.63, 3.8) is 0 Å². The van der Waals surface area contributed by atoms with Crippen LogP contribution in [0, 0.1) is 5.92 Å². The summed E-state index contributed by atoms with van der Waals surface area (Å²) in [7, 11) is -1.31. The van der Waals surface area contributed by atoms with E-state index in [0.717, 1.165) is 25.8 Å². The first-order chi connectivity index (χ1) is 7.95. The summed E-state index contributed by atoms with van der Waals surface area (Å²) >= 11 is 0. The smallest absolute Gasteiger partial charge is 0.279 e. The summed E-state index contributed by atoms with van der Waals surface area (Å²) in [5, 5.41) is 3.14. The predicted octanol–water partition coefficient (Wildman–Crippen LogP) is 0.551. The number of hydrogen-bond donors (Lipinski definition) is 2. The monoisotopic (exact) mass is 263 g/mol. The number of nitrogens with zero attached hydrogens (tertiary/aromatic N) is 1. The van der Waals surface area contributed by atoms with Gasteiger partial charge in [-0.1, -0.05) is 0 Å². The van der Waals surface area contributed by atoms with E-state index in [0.29, 0.717) is 19.0 Å². The van der Waals surface area contributed by atoms with Crippen LogP contribution in [-0.2, 0) is 10.2 Å². The Bertz CT molecular complexity index is 309. The third-order valence-corrected chi connectivity index (χ3v) is 4.91. The zero-order chi connectivity index (χ0) is 12.9. The largest absolute Gasteiger partial charge is 0.320 e. The first-order valence-corrected chi connectivity index (χ1v) is 7.81. The molecule has 1 aliphatic heterocycles. The van der Waals surface area contributed by atoms with Gasteiger partial charge >= 0.3 is 0 Å². The Morgan fingerprint density at radius 3 is 2.35 bits per heavy atom. The topological polar surface area (TPSA) is 61.4 Å². The van der Waals surface area contributed by atoms with Crippen LogP contribution < -0.4 is 10.0 Å². The summed E-state index contributed by atoms with van der Waals surface area (Å²) in [6, 6.07) is -0.0398. The van der Waals surface area contributed by atoms with Crippen molar-refractivity contribution in [1.82, 2.24) is 14.3 Å². The molecule has 2 N–H and O–H groups in total. The third-order valence-electron chi connectivity index (χ3n) is 3.10. The molecule has 0 unspecified atom stereocenters. The molecule has 17 heavy (non-hydrogen) atoms. The fourth-order valence-electron chi connectivity index (χ4n) is 2.16. The molecule has 0 bridgehead atoms. The summed E-state index contributed by atoms with van der Waals surface area (Å²) in [4.78, 5) is 0. The van der Waals surface area contributed by atoms with Gasteiger partial charge in [0.2, 0.25) is 0 Å². The zero-order valence-electron chi connectivity index (χ0n) is 11.1. The highest BCUT2D eigenvalue weighted by atomic mass is 32.2. The van der Waals surface area contributed by atoms with Crippen LogP contribution in [0.5, 0.6) is 0 Å². The normalized spacial score (nSPS) is 20.0. The Morgan fingerprint density at radius 1 is 1.29 bits per heavy atom. The fourth-order valence-corrected chi connectivity index (χ4v) is 3.60. The first-order valence-electron chi connectivity index (χ1n) is 6.37. The predicted molar refractivity (Wildman–Crippen MR) is 70.0 cm³/mol. The zero-order valence-corrected chi connectivity index (χ0v) is 11.9. The van der Waals surface area contributed by atoms with Crippen molar-refractivity contribution >= 4 is 10.2 Å². The number of nitrogens with one attached hydrogen (secondary N) is 2. The van der Waals surface area contributed by atoms with Gasteiger partial charge in [-0.05, 0) is 52.6 Å². The van der Waals surface area contributed by atoms with E-state index in [1.54, 1.807) is 4.31 Å². The second-order valence-electron chi connectivity index (χ2n) is 5.01. The van der Waals surface area contributed by atoms with Crippen molar-refractivity contribution in [2.24, 2.45) is 5.92 Å². The van der Waals surface area contributed by atoms with E-state index in [2.05, 4.69) is 10.0 Å². The minimum atomic E-state index is -3.26. The van der Waals surface area contributed by atoms with Crippen molar-refractivity contribution in [2.45, 2.75) is 39.2 Å². The van der Waals surface area contributed by atoms with E-state index < -0.39 is 10.2 Å². The standard InChI is InChI=1S/C11H25N3O2S/c1-10(2)13-17(15,16)14-8-5-11(6-9-14)4-7-12-3/h10-13H,4-9H2,1-3H3. The Morgan fingerprint density at radius 2 is 1.88 bits per heavy atom. The molecule has 0 aliphatic carbocycles. The van der Waals surface area contributed by atoms with E-state index >= 15 is 0 Å². The molecule has 0 aromatic heterocycles. The van der Waals surface area contributed by atoms with Gasteiger partial charge in [-0.3, -0.25) is 0 Å². The molecular weight excluding hydrogens is 238 g/mol. The van der Waals surface area contributed by atoms with Crippen LogP contribution in [0.15, 0.2) is 0 Å². The Hall–Kier alpha value is -0.170. The van der Waals surface area contributed by atoms with E-state index in [9.17, 15) is 8.42 Å². The van der Waals surface area contributed by atoms with Crippen LogP contribution in [0.1, 0.15) is 33.1 Å². The lowest BCUT2D eigenvalue weighted by Crippen LogP contribution is -2.47. The molecule has 0 spiro atoms. The molecule has 0 saturated carbocycles. The maximum atomic E-state index is 11.9. The van der Waals surface area contributed by atoms with Gasteiger partial charge in [0.1, 0.15) is 0 Å². The maximum absolute atomic E-state index is 11.9. The van der Waals surface area contributed by atoms with Gasteiger partial charge < -0.3 is 5.32 Å². The lowest BCUT2D eigenvalue weighted by molar-refractivity contribution is 0.260. The van der Waals surface area contributed by atoms with Crippen LogP contribution in [0.25, 0.3) is 0 Å². The molecule has 1 aliphatic rings. The lowest BCUT2D eigenvalue weighted by atomic mass is 9.95. The number of piperidine rings is 1. The van der Waals surface area contributed by atoms with Gasteiger partial charge in [-0.25, -0.2) is 0 Å². The van der Waals surface area contributed by atoms with Crippen molar-refractivity contribution in [2.75, 3.05) is 26.7 Å². The number of rotatable bonds is 6. The Kier molecular flexibility index (Phi) is 5.85. The van der Waals surface area contributed by atoms with Gasteiger partial charge in [0, 0.05) is 19.1 Å². The molecule has 0 aromatic carbocycles. The van der Waals surface area contributed by atoms with Gasteiger partial charge in [-0.15, -0.1) is 0 Å². The molecule has 1 rings (SSSR count). The average Bonchev–Trinajstić information content (AvgIpc) is 2.25. The van der Waals surface area contributed by atoms with E-state index in [4.69, 9.17) is 0 Å². The van der Waals surface area contributed by atoms with Crippen molar-refractivity contribution in [3.05, 3.63) is 0 Å². The number of hydrogen-bond acceptors (Lipinski definition) is 3. The minimum absolute atomic E-state index is 0.0398. The molecule has 0 atom stereocenters. The minimum Gasteiger partial charge on any atom is -0.320 e. The average molecular weight is 263 g/mol. The summed E-state index contributed by atoms with van der Waals surface area (Å²) in [5.41, 5.74) is 0. The SMILES string of the molecule is CNCCC1CCN(S(=O)(=O)NC(C)C)CC1. The molecule has 0 aromatic rings. The van der Waals surface area contributed by atoms with Crippen LogP contribution in [0.2, 0.25) is 0 Å². The highest BCUT2D eigenvalue weighted by molar-refractivity contribution is 7.87. The van der Waals surface area contributed by atoms with Crippen molar-refractivity contribution in [3.8, 4) is 0 Å². The van der Waals surface area contributed by atoms with E-state index in [1.807, 2.05) is 20.9 Å². The molecule has 1 heterocycles. The van der Waals surface area contributed by atoms with Crippen molar-refractivity contribution < 1.29 is 8.42 Å². The molecular formula is C11H25N3O2S. The molecule has 102 valence electrons. The van der Waals surface area contributed by atoms with Crippen molar-refractivity contribution in [1.29, 1.82) is 0 Å². The fraction of sp³-hybridized carbons (Fsp3) is 1.00.